The van der Waals surface area contributed by atoms with Crippen LogP contribution in [0.1, 0.15) is 37.4 Å². The predicted octanol–water partition coefficient (Wildman–Crippen LogP) is 4.98. The van der Waals surface area contributed by atoms with E-state index in [9.17, 15) is 0 Å². The standard InChI is InChI=1S/C18H22ClNO/c1-3-12-21-16-10-8-15(9-11-16)13-20-14(2)17-6-4-5-7-18(17)19/h4-11,14,20H,3,12-13H2,1-2H3/t14-/m0/s1. The van der Waals surface area contributed by atoms with Crippen molar-refractivity contribution >= 4 is 11.6 Å². The van der Waals surface area contributed by atoms with Crippen molar-refractivity contribution in [2.75, 3.05) is 6.61 Å². The van der Waals surface area contributed by atoms with Crippen LogP contribution in [-0.4, -0.2) is 6.61 Å². The highest BCUT2D eigenvalue weighted by molar-refractivity contribution is 6.31. The van der Waals surface area contributed by atoms with Gasteiger partial charge in [0.25, 0.3) is 0 Å². The number of hydrogen-bond donors (Lipinski definition) is 1. The molecule has 3 heteroatoms. The van der Waals surface area contributed by atoms with Crippen LogP contribution >= 0.6 is 11.6 Å². The maximum Gasteiger partial charge on any atom is 0.119 e. The SMILES string of the molecule is CCCOc1ccc(CN[C@@H](C)c2ccccc2Cl)cc1. The molecule has 2 rings (SSSR count). The third-order valence-electron chi connectivity index (χ3n) is 3.38. The molecule has 0 amide bonds. The Morgan fingerprint density at radius 3 is 2.48 bits per heavy atom. The summed E-state index contributed by atoms with van der Waals surface area (Å²) in [6.45, 7) is 5.80. The number of halogens is 1. The molecule has 0 spiro atoms. The number of benzene rings is 2. The van der Waals surface area contributed by atoms with Crippen LogP contribution in [0.15, 0.2) is 48.5 Å². The summed E-state index contributed by atoms with van der Waals surface area (Å²) in [5.74, 6) is 0.930. The Labute approximate surface area is 132 Å². The smallest absolute Gasteiger partial charge is 0.119 e. The molecule has 0 bridgehead atoms. The molecule has 0 aliphatic carbocycles. The van der Waals surface area contributed by atoms with Crippen LogP contribution in [0, 0.1) is 0 Å². The molecule has 0 radical (unpaired) electrons. The van der Waals surface area contributed by atoms with E-state index in [1.165, 1.54) is 5.56 Å². The van der Waals surface area contributed by atoms with Gasteiger partial charge in [0.05, 0.1) is 6.61 Å². The first kappa shape index (κ1) is 15.9. The van der Waals surface area contributed by atoms with E-state index in [0.717, 1.165) is 35.9 Å². The molecule has 0 fully saturated rings. The molecule has 0 aliphatic rings. The molecule has 21 heavy (non-hydrogen) atoms. The van der Waals surface area contributed by atoms with Crippen molar-refractivity contribution in [1.29, 1.82) is 0 Å². The average molecular weight is 304 g/mol. The number of hydrogen-bond acceptors (Lipinski definition) is 2. The fourth-order valence-electron chi connectivity index (χ4n) is 2.13. The second-order valence-corrected chi connectivity index (χ2v) is 5.52. The van der Waals surface area contributed by atoms with Crippen molar-refractivity contribution in [3.63, 3.8) is 0 Å². The van der Waals surface area contributed by atoms with E-state index < -0.39 is 0 Å². The molecular formula is C18H22ClNO. The lowest BCUT2D eigenvalue weighted by atomic mass is 10.1. The normalized spacial score (nSPS) is 12.1. The topological polar surface area (TPSA) is 21.3 Å². The fourth-order valence-corrected chi connectivity index (χ4v) is 2.43. The van der Waals surface area contributed by atoms with Crippen LogP contribution < -0.4 is 10.1 Å². The quantitative estimate of drug-likeness (QED) is 0.779. The van der Waals surface area contributed by atoms with Crippen molar-refractivity contribution in [3.8, 4) is 5.75 Å². The molecule has 1 N–H and O–H groups in total. The summed E-state index contributed by atoms with van der Waals surface area (Å²) in [5, 5.41) is 4.30. The van der Waals surface area contributed by atoms with E-state index in [1.54, 1.807) is 0 Å². The summed E-state index contributed by atoms with van der Waals surface area (Å²) in [5.41, 5.74) is 2.36. The molecule has 0 aromatic heterocycles. The van der Waals surface area contributed by atoms with E-state index in [2.05, 4.69) is 37.4 Å². The van der Waals surface area contributed by atoms with Gasteiger partial charge in [-0.3, -0.25) is 0 Å². The summed E-state index contributed by atoms with van der Waals surface area (Å²) >= 11 is 6.21. The minimum atomic E-state index is 0.217. The highest BCUT2D eigenvalue weighted by atomic mass is 35.5. The molecule has 2 nitrogen and oxygen atoms in total. The van der Waals surface area contributed by atoms with E-state index in [1.807, 2.05) is 30.3 Å². The Bertz CT molecular complexity index is 553. The van der Waals surface area contributed by atoms with E-state index >= 15 is 0 Å². The maximum atomic E-state index is 6.21. The zero-order chi connectivity index (χ0) is 15.1. The van der Waals surface area contributed by atoms with Crippen LogP contribution in [-0.2, 0) is 6.54 Å². The first-order valence-electron chi connectivity index (χ1n) is 7.40. The number of nitrogens with one attached hydrogen (secondary N) is 1. The monoisotopic (exact) mass is 303 g/mol. The Hall–Kier alpha value is -1.51. The van der Waals surface area contributed by atoms with Gasteiger partial charge in [-0.2, -0.15) is 0 Å². The highest BCUT2D eigenvalue weighted by Gasteiger charge is 2.08. The lowest BCUT2D eigenvalue weighted by molar-refractivity contribution is 0.317. The van der Waals surface area contributed by atoms with Crippen molar-refractivity contribution in [1.82, 2.24) is 5.32 Å². The summed E-state index contributed by atoms with van der Waals surface area (Å²) < 4.78 is 5.58. The minimum Gasteiger partial charge on any atom is -0.494 e. The van der Waals surface area contributed by atoms with E-state index in [4.69, 9.17) is 16.3 Å². The highest BCUT2D eigenvalue weighted by Crippen LogP contribution is 2.22. The Kier molecular flexibility index (Phi) is 6.09. The molecule has 0 aliphatic heterocycles. The summed E-state index contributed by atoms with van der Waals surface area (Å²) in [6, 6.07) is 16.4. The molecule has 2 aromatic carbocycles. The molecule has 0 heterocycles. The maximum absolute atomic E-state index is 6.21. The van der Waals surface area contributed by atoms with Gasteiger partial charge >= 0.3 is 0 Å². The molecule has 1 atom stereocenters. The average Bonchev–Trinajstić information content (AvgIpc) is 2.52. The third kappa shape index (κ3) is 4.76. The zero-order valence-corrected chi connectivity index (χ0v) is 13.4. The fraction of sp³-hybridized carbons (Fsp3) is 0.333. The van der Waals surface area contributed by atoms with Gasteiger partial charge in [0.2, 0.25) is 0 Å². The van der Waals surface area contributed by atoms with E-state index in [-0.39, 0.29) is 6.04 Å². The zero-order valence-electron chi connectivity index (χ0n) is 12.6. The van der Waals surface area contributed by atoms with Gasteiger partial charge in [-0.15, -0.1) is 0 Å². The van der Waals surface area contributed by atoms with Gasteiger partial charge in [0.15, 0.2) is 0 Å². The van der Waals surface area contributed by atoms with Gasteiger partial charge in [0.1, 0.15) is 5.75 Å². The molecule has 112 valence electrons. The lowest BCUT2D eigenvalue weighted by Crippen LogP contribution is -2.18. The van der Waals surface area contributed by atoms with Crippen LogP contribution in [0.25, 0.3) is 0 Å². The molecule has 0 unspecified atom stereocenters. The van der Waals surface area contributed by atoms with Crippen LogP contribution in [0.3, 0.4) is 0 Å². The number of ether oxygens (including phenoxy) is 1. The van der Waals surface area contributed by atoms with Crippen molar-refractivity contribution < 1.29 is 4.74 Å². The van der Waals surface area contributed by atoms with Gasteiger partial charge in [-0.05, 0) is 42.7 Å². The van der Waals surface area contributed by atoms with E-state index in [0.29, 0.717) is 0 Å². The Morgan fingerprint density at radius 2 is 1.81 bits per heavy atom. The largest absolute Gasteiger partial charge is 0.494 e. The molecule has 0 saturated heterocycles. The summed E-state index contributed by atoms with van der Waals surface area (Å²) in [6.07, 6.45) is 1.03. The Morgan fingerprint density at radius 1 is 1.10 bits per heavy atom. The molecule has 0 saturated carbocycles. The van der Waals surface area contributed by atoms with Gasteiger partial charge in [0, 0.05) is 17.6 Å². The second-order valence-electron chi connectivity index (χ2n) is 5.12. The van der Waals surface area contributed by atoms with Gasteiger partial charge < -0.3 is 10.1 Å². The van der Waals surface area contributed by atoms with Crippen molar-refractivity contribution in [2.24, 2.45) is 0 Å². The Balaban J connectivity index is 1.89. The van der Waals surface area contributed by atoms with Crippen LogP contribution in [0.5, 0.6) is 5.75 Å². The number of rotatable bonds is 7. The van der Waals surface area contributed by atoms with Crippen LogP contribution in [0.4, 0.5) is 0 Å². The first-order chi connectivity index (χ1) is 10.2. The van der Waals surface area contributed by atoms with Crippen LogP contribution in [0.2, 0.25) is 5.02 Å². The first-order valence-corrected chi connectivity index (χ1v) is 7.78. The van der Waals surface area contributed by atoms with Crippen molar-refractivity contribution in [3.05, 3.63) is 64.7 Å². The molecular weight excluding hydrogens is 282 g/mol. The van der Waals surface area contributed by atoms with Gasteiger partial charge in [-0.1, -0.05) is 48.9 Å². The molecule has 2 aromatic rings. The lowest BCUT2D eigenvalue weighted by Gasteiger charge is -2.16. The minimum absolute atomic E-state index is 0.217. The van der Waals surface area contributed by atoms with Gasteiger partial charge in [-0.25, -0.2) is 0 Å². The predicted molar refractivity (Wildman–Crippen MR) is 88.9 cm³/mol. The summed E-state index contributed by atoms with van der Waals surface area (Å²) in [7, 11) is 0. The summed E-state index contributed by atoms with van der Waals surface area (Å²) in [4.78, 5) is 0. The third-order valence-corrected chi connectivity index (χ3v) is 3.72. The van der Waals surface area contributed by atoms with Crippen molar-refractivity contribution in [2.45, 2.75) is 32.9 Å². The second kappa shape index (κ2) is 8.06.